The van der Waals surface area contributed by atoms with Crippen molar-refractivity contribution in [1.29, 1.82) is 0 Å². The molecular formula is C18H22F4N5O2S+. The SMILES string of the molecule is Cc1c(C(C)(F)F)nn(CC2(C)CC(F)(F)C2)c1C(=O)Nc1cc[n+](O)c(SN)c1. The van der Waals surface area contributed by atoms with Crippen LogP contribution in [0.4, 0.5) is 23.2 Å². The number of hydrogen-bond donors (Lipinski definition) is 3. The minimum Gasteiger partial charge on any atom is -0.320 e. The molecule has 30 heavy (non-hydrogen) atoms. The number of carbonyl (C=O) groups excluding carboxylic acids is 1. The van der Waals surface area contributed by atoms with Crippen molar-refractivity contribution in [2.24, 2.45) is 10.6 Å². The van der Waals surface area contributed by atoms with Gasteiger partial charge in [-0.15, -0.1) is 0 Å². The summed E-state index contributed by atoms with van der Waals surface area (Å²) in [6.45, 7) is 3.51. The largest absolute Gasteiger partial charge is 0.320 e. The number of halogens is 4. The first-order valence-corrected chi connectivity index (χ1v) is 9.89. The fourth-order valence-corrected chi connectivity index (χ4v) is 4.23. The molecule has 0 atom stereocenters. The number of amides is 1. The molecule has 0 unspecified atom stereocenters. The van der Waals surface area contributed by atoms with Crippen LogP contribution in [0.25, 0.3) is 0 Å². The Morgan fingerprint density at radius 3 is 2.63 bits per heavy atom. The van der Waals surface area contributed by atoms with Crippen LogP contribution in [-0.4, -0.2) is 26.8 Å². The quantitative estimate of drug-likeness (QED) is 0.272. The Morgan fingerprint density at radius 1 is 1.47 bits per heavy atom. The van der Waals surface area contributed by atoms with Crippen molar-refractivity contribution < 1.29 is 32.3 Å². The maximum Gasteiger partial charge on any atom is 0.307 e. The highest BCUT2D eigenvalue weighted by atomic mass is 32.2. The molecule has 2 aromatic rings. The lowest BCUT2D eigenvalue weighted by molar-refractivity contribution is -0.932. The molecule has 0 radical (unpaired) electrons. The van der Waals surface area contributed by atoms with Gasteiger partial charge in [-0.25, -0.2) is 8.78 Å². The summed E-state index contributed by atoms with van der Waals surface area (Å²) in [5.74, 6) is -6.85. The highest BCUT2D eigenvalue weighted by Crippen LogP contribution is 2.52. The molecular weight excluding hydrogens is 426 g/mol. The van der Waals surface area contributed by atoms with Gasteiger partial charge in [0.2, 0.25) is 12.1 Å². The summed E-state index contributed by atoms with van der Waals surface area (Å²) in [6.07, 6.45) is 0.423. The molecule has 2 heterocycles. The Labute approximate surface area is 174 Å². The van der Waals surface area contributed by atoms with E-state index in [0.29, 0.717) is 6.92 Å². The lowest BCUT2D eigenvalue weighted by atomic mass is 9.67. The number of nitrogens with one attached hydrogen (secondary N) is 1. The average Bonchev–Trinajstić information content (AvgIpc) is 2.90. The van der Waals surface area contributed by atoms with Crippen molar-refractivity contribution in [2.45, 2.75) is 57.0 Å². The standard InChI is InChI=1S/C18H21F4N5O2S/c1-10-13(15(28)24-11-4-5-27(29)12(6-11)30-23)26(25-14(10)17(3,19)20)9-16(2)7-18(21,22)8-16/h4-6,29H,7-9,23H2,1-3H3/p+1. The minimum atomic E-state index is -3.31. The van der Waals surface area contributed by atoms with E-state index in [0.717, 1.165) is 21.4 Å². The Balaban J connectivity index is 1.95. The molecule has 3 rings (SSSR count). The van der Waals surface area contributed by atoms with Crippen molar-refractivity contribution in [3.63, 3.8) is 0 Å². The first kappa shape index (κ1) is 22.3. The van der Waals surface area contributed by atoms with Crippen molar-refractivity contribution in [3.05, 3.63) is 35.3 Å². The summed E-state index contributed by atoms with van der Waals surface area (Å²) >= 11 is 0.738. The molecule has 0 saturated heterocycles. The van der Waals surface area contributed by atoms with Crippen LogP contribution >= 0.6 is 11.9 Å². The van der Waals surface area contributed by atoms with Crippen LogP contribution in [0.15, 0.2) is 23.4 Å². The van der Waals surface area contributed by atoms with Gasteiger partial charge in [-0.1, -0.05) is 6.92 Å². The lowest BCUT2D eigenvalue weighted by Gasteiger charge is -2.44. The highest BCUT2D eigenvalue weighted by molar-refractivity contribution is 7.96. The van der Waals surface area contributed by atoms with Crippen LogP contribution in [0.3, 0.4) is 0 Å². The van der Waals surface area contributed by atoms with Crippen LogP contribution in [0.1, 0.15) is 48.4 Å². The van der Waals surface area contributed by atoms with Gasteiger partial charge in [-0.05, 0) is 12.3 Å². The van der Waals surface area contributed by atoms with E-state index in [1.54, 1.807) is 6.92 Å². The summed E-state index contributed by atoms with van der Waals surface area (Å²) in [7, 11) is 0. The van der Waals surface area contributed by atoms with Crippen molar-refractivity contribution in [3.8, 4) is 0 Å². The molecule has 0 spiro atoms. The third kappa shape index (κ3) is 4.38. The van der Waals surface area contributed by atoms with Crippen LogP contribution in [0, 0.1) is 12.3 Å². The van der Waals surface area contributed by atoms with E-state index in [1.165, 1.54) is 25.3 Å². The first-order valence-electron chi connectivity index (χ1n) is 9.01. The van der Waals surface area contributed by atoms with Gasteiger partial charge in [0, 0.05) is 60.7 Å². The predicted octanol–water partition coefficient (Wildman–Crippen LogP) is 3.48. The Hall–Kier alpha value is -2.34. The van der Waals surface area contributed by atoms with Gasteiger partial charge in [0.25, 0.3) is 11.8 Å². The molecule has 7 nitrogen and oxygen atoms in total. The summed E-state index contributed by atoms with van der Waals surface area (Å²) in [6, 6.07) is 2.78. The van der Waals surface area contributed by atoms with E-state index < -0.39 is 41.7 Å². The fourth-order valence-electron chi connectivity index (χ4n) is 3.87. The third-order valence-corrected chi connectivity index (χ3v) is 5.55. The van der Waals surface area contributed by atoms with Crippen molar-refractivity contribution >= 4 is 23.5 Å². The minimum absolute atomic E-state index is 0.0312. The number of pyridine rings is 1. The number of carbonyl (C=O) groups is 1. The molecule has 0 bridgehead atoms. The zero-order valence-corrected chi connectivity index (χ0v) is 17.4. The number of hydrogen-bond acceptors (Lipinski definition) is 5. The van der Waals surface area contributed by atoms with Crippen LogP contribution in [-0.2, 0) is 12.5 Å². The summed E-state index contributed by atoms with van der Waals surface area (Å²) in [5.41, 5.74) is -1.35. The number of nitrogens with zero attached hydrogens (tertiary/aromatic N) is 3. The average molecular weight is 448 g/mol. The van der Waals surface area contributed by atoms with E-state index in [1.807, 2.05) is 0 Å². The Kier molecular flexibility index (Phi) is 5.52. The second-order valence-electron chi connectivity index (χ2n) is 8.06. The molecule has 164 valence electrons. The zero-order chi connectivity index (χ0) is 22.5. The molecule has 4 N–H and O–H groups in total. The number of nitrogens with two attached hydrogens (primary N) is 1. The van der Waals surface area contributed by atoms with E-state index in [2.05, 4.69) is 10.4 Å². The monoisotopic (exact) mass is 448 g/mol. The fraction of sp³-hybridized carbons (Fsp3) is 0.500. The second-order valence-corrected chi connectivity index (χ2v) is 8.71. The van der Waals surface area contributed by atoms with Gasteiger partial charge in [0.05, 0.1) is 5.69 Å². The van der Waals surface area contributed by atoms with E-state index in [-0.39, 0.29) is 28.5 Å². The molecule has 1 saturated carbocycles. The van der Waals surface area contributed by atoms with Crippen molar-refractivity contribution in [1.82, 2.24) is 9.78 Å². The van der Waals surface area contributed by atoms with Gasteiger partial charge in [0.15, 0.2) is 0 Å². The zero-order valence-electron chi connectivity index (χ0n) is 16.5. The van der Waals surface area contributed by atoms with Gasteiger partial charge in [-0.2, -0.15) is 13.9 Å². The topological polar surface area (TPSA) is 97.0 Å². The normalized spacial score (nSPS) is 17.5. The van der Waals surface area contributed by atoms with Crippen molar-refractivity contribution in [2.75, 3.05) is 5.32 Å². The van der Waals surface area contributed by atoms with Gasteiger partial charge in [-0.3, -0.25) is 19.8 Å². The highest BCUT2D eigenvalue weighted by Gasteiger charge is 2.54. The molecule has 0 aliphatic heterocycles. The van der Waals surface area contributed by atoms with Crippen LogP contribution in [0.2, 0.25) is 0 Å². The lowest BCUT2D eigenvalue weighted by Crippen LogP contribution is -2.47. The molecule has 12 heteroatoms. The van der Waals surface area contributed by atoms with Gasteiger partial charge < -0.3 is 5.32 Å². The molecule has 2 aromatic heterocycles. The Morgan fingerprint density at radius 2 is 2.10 bits per heavy atom. The molecule has 1 aliphatic rings. The molecule has 1 amide bonds. The number of alkyl halides is 4. The van der Waals surface area contributed by atoms with E-state index in [4.69, 9.17) is 5.14 Å². The number of anilines is 1. The summed E-state index contributed by atoms with van der Waals surface area (Å²) in [4.78, 5) is 12.9. The number of rotatable bonds is 6. The molecule has 0 aromatic carbocycles. The van der Waals surface area contributed by atoms with Gasteiger partial charge in [0.1, 0.15) is 11.4 Å². The summed E-state index contributed by atoms with van der Waals surface area (Å²) in [5, 5.41) is 21.7. The maximum atomic E-state index is 14.0. The Bertz CT molecular complexity index is 982. The maximum absolute atomic E-state index is 14.0. The molecule has 1 aliphatic carbocycles. The summed E-state index contributed by atoms with van der Waals surface area (Å²) < 4.78 is 56.7. The van der Waals surface area contributed by atoms with Crippen LogP contribution in [0.5, 0.6) is 0 Å². The van der Waals surface area contributed by atoms with Gasteiger partial charge >= 0.3 is 5.03 Å². The van der Waals surface area contributed by atoms with E-state index >= 15 is 0 Å². The molecule has 1 fully saturated rings. The first-order chi connectivity index (χ1) is 13.7. The second kappa shape index (κ2) is 7.41. The third-order valence-electron chi connectivity index (χ3n) is 5.00. The van der Waals surface area contributed by atoms with Crippen LogP contribution < -0.4 is 15.2 Å². The predicted molar refractivity (Wildman–Crippen MR) is 101 cm³/mol. The van der Waals surface area contributed by atoms with E-state index in [9.17, 15) is 27.6 Å². The smallest absolute Gasteiger partial charge is 0.307 e. The number of aromatic nitrogens is 3.